The lowest BCUT2D eigenvalue weighted by Gasteiger charge is -2.09. The molecule has 0 aliphatic carbocycles. The molecule has 0 spiro atoms. The van der Waals surface area contributed by atoms with Gasteiger partial charge in [0.2, 0.25) is 0 Å². The van der Waals surface area contributed by atoms with Gasteiger partial charge in [0.1, 0.15) is 0 Å². The Labute approximate surface area is 126 Å². The maximum Gasteiger partial charge on any atom is 0.182 e. The van der Waals surface area contributed by atoms with Crippen molar-refractivity contribution in [2.75, 3.05) is 5.75 Å². The van der Waals surface area contributed by atoms with E-state index in [0.717, 1.165) is 11.1 Å². The molecule has 0 saturated carbocycles. The van der Waals surface area contributed by atoms with Crippen molar-refractivity contribution in [3.8, 4) is 0 Å². The SMILES string of the molecule is C=CCS(=O)(=O)c1cc(Cc2ccccc2)ccc1C=C. The number of rotatable bonds is 6. The summed E-state index contributed by atoms with van der Waals surface area (Å²) < 4.78 is 24.6. The summed E-state index contributed by atoms with van der Waals surface area (Å²) in [6.45, 7) is 7.20. The highest BCUT2D eigenvalue weighted by atomic mass is 32.2. The molecule has 2 aromatic rings. The van der Waals surface area contributed by atoms with E-state index in [1.165, 1.54) is 6.08 Å². The first-order valence-electron chi connectivity index (χ1n) is 6.70. The Hall–Kier alpha value is -2.13. The fraction of sp³-hybridized carbons (Fsp3) is 0.111. The van der Waals surface area contributed by atoms with E-state index in [1.54, 1.807) is 18.2 Å². The van der Waals surface area contributed by atoms with E-state index in [4.69, 9.17) is 0 Å². The van der Waals surface area contributed by atoms with E-state index >= 15 is 0 Å². The first kappa shape index (κ1) is 15.3. The molecule has 0 aliphatic heterocycles. The average molecular weight is 298 g/mol. The molecule has 0 bridgehead atoms. The second kappa shape index (κ2) is 6.55. The highest BCUT2D eigenvalue weighted by molar-refractivity contribution is 7.91. The summed E-state index contributed by atoms with van der Waals surface area (Å²) in [5, 5.41) is 0. The summed E-state index contributed by atoms with van der Waals surface area (Å²) in [6.07, 6.45) is 3.68. The molecule has 108 valence electrons. The van der Waals surface area contributed by atoms with Gasteiger partial charge in [0.05, 0.1) is 10.6 Å². The van der Waals surface area contributed by atoms with Crippen molar-refractivity contribution < 1.29 is 8.42 Å². The summed E-state index contributed by atoms with van der Waals surface area (Å²) in [5.41, 5.74) is 2.75. The van der Waals surface area contributed by atoms with Gasteiger partial charge in [0.25, 0.3) is 0 Å². The monoisotopic (exact) mass is 298 g/mol. The van der Waals surface area contributed by atoms with Crippen LogP contribution in [0.2, 0.25) is 0 Å². The Morgan fingerprint density at radius 3 is 2.29 bits per heavy atom. The molecule has 0 aromatic heterocycles. The molecule has 0 aliphatic rings. The van der Waals surface area contributed by atoms with Crippen molar-refractivity contribution in [2.45, 2.75) is 11.3 Å². The van der Waals surface area contributed by atoms with Gasteiger partial charge in [-0.05, 0) is 29.2 Å². The van der Waals surface area contributed by atoms with Gasteiger partial charge < -0.3 is 0 Å². The predicted octanol–water partition coefficient (Wildman–Crippen LogP) is 3.88. The van der Waals surface area contributed by atoms with Gasteiger partial charge in [0, 0.05) is 0 Å². The second-order valence-electron chi connectivity index (χ2n) is 4.81. The van der Waals surface area contributed by atoms with Crippen LogP contribution in [0.4, 0.5) is 0 Å². The molecule has 3 heteroatoms. The molecule has 0 radical (unpaired) electrons. The second-order valence-corrected chi connectivity index (χ2v) is 6.81. The van der Waals surface area contributed by atoms with Crippen LogP contribution >= 0.6 is 0 Å². The van der Waals surface area contributed by atoms with E-state index in [9.17, 15) is 8.42 Å². The molecule has 0 saturated heterocycles. The maximum atomic E-state index is 12.3. The third-order valence-corrected chi connectivity index (χ3v) is 4.92. The van der Waals surface area contributed by atoms with Gasteiger partial charge in [-0.1, -0.05) is 61.2 Å². The summed E-state index contributed by atoms with van der Waals surface area (Å²) in [6, 6.07) is 15.5. The van der Waals surface area contributed by atoms with E-state index in [-0.39, 0.29) is 5.75 Å². The van der Waals surface area contributed by atoms with Crippen LogP contribution in [0.1, 0.15) is 16.7 Å². The minimum absolute atomic E-state index is 0.0668. The van der Waals surface area contributed by atoms with E-state index in [2.05, 4.69) is 13.2 Å². The number of hydrogen-bond donors (Lipinski definition) is 0. The lowest BCUT2D eigenvalue weighted by Crippen LogP contribution is -2.07. The van der Waals surface area contributed by atoms with Gasteiger partial charge in [-0.3, -0.25) is 0 Å². The quantitative estimate of drug-likeness (QED) is 0.758. The van der Waals surface area contributed by atoms with Crippen LogP contribution in [-0.4, -0.2) is 14.2 Å². The topological polar surface area (TPSA) is 34.1 Å². The van der Waals surface area contributed by atoms with E-state index < -0.39 is 9.84 Å². The zero-order chi connectivity index (χ0) is 15.3. The smallest absolute Gasteiger partial charge is 0.182 e. The van der Waals surface area contributed by atoms with Crippen LogP contribution in [0, 0.1) is 0 Å². The minimum Gasteiger partial charge on any atom is -0.223 e. The predicted molar refractivity (Wildman–Crippen MR) is 88.0 cm³/mol. The maximum absolute atomic E-state index is 12.3. The summed E-state index contributed by atoms with van der Waals surface area (Å²) in [5.74, 6) is -0.0668. The van der Waals surface area contributed by atoms with Crippen molar-refractivity contribution >= 4 is 15.9 Å². The van der Waals surface area contributed by atoms with Gasteiger partial charge in [-0.2, -0.15) is 0 Å². The van der Waals surface area contributed by atoms with Crippen LogP contribution < -0.4 is 0 Å². The normalized spacial score (nSPS) is 11.0. The Morgan fingerprint density at radius 1 is 0.952 bits per heavy atom. The first-order chi connectivity index (χ1) is 10.1. The fourth-order valence-corrected chi connectivity index (χ4v) is 3.53. The lowest BCUT2D eigenvalue weighted by atomic mass is 10.0. The van der Waals surface area contributed by atoms with E-state index in [0.29, 0.717) is 16.9 Å². The average Bonchev–Trinajstić information content (AvgIpc) is 2.48. The third-order valence-electron chi connectivity index (χ3n) is 3.22. The van der Waals surface area contributed by atoms with Gasteiger partial charge >= 0.3 is 0 Å². The lowest BCUT2D eigenvalue weighted by molar-refractivity contribution is 0.598. The largest absolute Gasteiger partial charge is 0.223 e. The van der Waals surface area contributed by atoms with Crippen molar-refractivity contribution in [3.05, 3.63) is 84.5 Å². The molecule has 2 aromatic carbocycles. The van der Waals surface area contributed by atoms with Crippen molar-refractivity contribution in [1.82, 2.24) is 0 Å². The summed E-state index contributed by atoms with van der Waals surface area (Å²) in [4.78, 5) is 0.325. The van der Waals surface area contributed by atoms with E-state index in [1.807, 2.05) is 36.4 Å². The Bertz CT molecular complexity index is 744. The van der Waals surface area contributed by atoms with Crippen LogP contribution in [0.25, 0.3) is 6.08 Å². The molecule has 2 nitrogen and oxygen atoms in total. The zero-order valence-corrected chi connectivity index (χ0v) is 12.6. The number of benzene rings is 2. The molecule has 21 heavy (non-hydrogen) atoms. The standard InChI is InChI=1S/C18H18O2S/c1-3-12-21(19,20)18-14-16(10-11-17(18)4-2)13-15-8-6-5-7-9-15/h3-11,14H,1-2,12-13H2. The van der Waals surface area contributed by atoms with Crippen molar-refractivity contribution in [2.24, 2.45) is 0 Å². The molecule has 0 N–H and O–H groups in total. The first-order valence-corrected chi connectivity index (χ1v) is 8.35. The zero-order valence-electron chi connectivity index (χ0n) is 11.8. The molecule has 2 rings (SSSR count). The van der Waals surface area contributed by atoms with Crippen molar-refractivity contribution in [1.29, 1.82) is 0 Å². The minimum atomic E-state index is -3.36. The molecular formula is C18H18O2S. The number of sulfone groups is 1. The molecule has 0 heterocycles. The highest BCUT2D eigenvalue weighted by Crippen LogP contribution is 2.22. The summed E-state index contributed by atoms with van der Waals surface area (Å²) in [7, 11) is -3.36. The Morgan fingerprint density at radius 2 is 1.67 bits per heavy atom. The van der Waals surface area contributed by atoms with Crippen LogP contribution in [0.5, 0.6) is 0 Å². The van der Waals surface area contributed by atoms with Gasteiger partial charge in [-0.15, -0.1) is 6.58 Å². The molecular weight excluding hydrogens is 280 g/mol. The molecule has 0 unspecified atom stereocenters. The van der Waals surface area contributed by atoms with Crippen LogP contribution in [0.3, 0.4) is 0 Å². The molecule has 0 fully saturated rings. The Kier molecular flexibility index (Phi) is 4.76. The van der Waals surface area contributed by atoms with Crippen molar-refractivity contribution in [3.63, 3.8) is 0 Å². The van der Waals surface area contributed by atoms with Crippen LogP contribution in [0.15, 0.2) is 72.7 Å². The molecule has 0 amide bonds. The van der Waals surface area contributed by atoms with Crippen LogP contribution in [-0.2, 0) is 16.3 Å². The molecule has 0 atom stereocenters. The van der Waals surface area contributed by atoms with Gasteiger partial charge in [0.15, 0.2) is 9.84 Å². The fourth-order valence-electron chi connectivity index (χ4n) is 2.20. The summed E-state index contributed by atoms with van der Waals surface area (Å²) >= 11 is 0. The number of hydrogen-bond acceptors (Lipinski definition) is 2. The highest BCUT2D eigenvalue weighted by Gasteiger charge is 2.16. The van der Waals surface area contributed by atoms with Gasteiger partial charge in [-0.25, -0.2) is 8.42 Å². The third kappa shape index (κ3) is 3.70. The Balaban J connectivity index is 2.43.